The van der Waals surface area contributed by atoms with Crippen LogP contribution in [0.2, 0.25) is 0 Å². The molecule has 0 atom stereocenters. The molecule has 0 radical (unpaired) electrons. The monoisotopic (exact) mass is 322 g/mol. The SMILES string of the molecule is Cc1c(CNCC(C)C)cnn1-c1ccc(Br)cn1. The molecule has 0 unspecified atom stereocenters. The highest BCUT2D eigenvalue weighted by atomic mass is 79.9. The number of nitrogens with one attached hydrogen (secondary N) is 1. The molecular weight excluding hydrogens is 304 g/mol. The number of hydrogen-bond acceptors (Lipinski definition) is 3. The van der Waals surface area contributed by atoms with Crippen molar-refractivity contribution < 1.29 is 0 Å². The topological polar surface area (TPSA) is 42.7 Å². The summed E-state index contributed by atoms with van der Waals surface area (Å²) in [4.78, 5) is 4.36. The molecule has 0 saturated heterocycles. The normalized spacial score (nSPS) is 11.2. The number of aromatic nitrogens is 3. The van der Waals surface area contributed by atoms with Gasteiger partial charge in [0.2, 0.25) is 0 Å². The Morgan fingerprint density at radius 3 is 2.74 bits per heavy atom. The van der Waals surface area contributed by atoms with E-state index in [1.54, 1.807) is 6.20 Å². The lowest BCUT2D eigenvalue weighted by Gasteiger charge is -2.07. The van der Waals surface area contributed by atoms with Gasteiger partial charge in [0, 0.05) is 28.5 Å². The molecule has 0 spiro atoms. The largest absolute Gasteiger partial charge is 0.312 e. The maximum absolute atomic E-state index is 4.41. The van der Waals surface area contributed by atoms with Crippen molar-refractivity contribution in [3.05, 3.63) is 40.3 Å². The Morgan fingerprint density at radius 1 is 1.32 bits per heavy atom. The van der Waals surface area contributed by atoms with E-state index < -0.39 is 0 Å². The molecule has 0 amide bonds. The summed E-state index contributed by atoms with van der Waals surface area (Å²) in [6.07, 6.45) is 3.69. The number of nitrogens with zero attached hydrogens (tertiary/aromatic N) is 3. The highest BCUT2D eigenvalue weighted by molar-refractivity contribution is 9.10. The first kappa shape index (κ1) is 14.2. The Labute approximate surface area is 122 Å². The van der Waals surface area contributed by atoms with Gasteiger partial charge in [0.1, 0.15) is 0 Å². The fourth-order valence-electron chi connectivity index (χ4n) is 1.84. The highest BCUT2D eigenvalue weighted by Crippen LogP contribution is 2.14. The lowest BCUT2D eigenvalue weighted by molar-refractivity contribution is 0.551. The minimum atomic E-state index is 0.656. The molecule has 0 fully saturated rings. The lowest BCUT2D eigenvalue weighted by Crippen LogP contribution is -2.19. The zero-order chi connectivity index (χ0) is 13.8. The predicted octanol–water partition coefficient (Wildman–Crippen LogP) is 3.08. The zero-order valence-electron chi connectivity index (χ0n) is 11.5. The fourth-order valence-corrected chi connectivity index (χ4v) is 2.07. The molecule has 0 saturated carbocycles. The van der Waals surface area contributed by atoms with Crippen LogP contribution in [0.1, 0.15) is 25.1 Å². The van der Waals surface area contributed by atoms with Crippen LogP contribution in [0.3, 0.4) is 0 Å². The molecule has 0 aliphatic rings. The summed E-state index contributed by atoms with van der Waals surface area (Å²) in [5.41, 5.74) is 2.34. The van der Waals surface area contributed by atoms with Crippen molar-refractivity contribution in [2.24, 2.45) is 5.92 Å². The van der Waals surface area contributed by atoms with Gasteiger partial charge in [-0.1, -0.05) is 13.8 Å². The summed E-state index contributed by atoms with van der Waals surface area (Å²) in [7, 11) is 0. The lowest BCUT2D eigenvalue weighted by atomic mass is 10.2. The Kier molecular flexibility index (Phi) is 4.71. The molecule has 0 aromatic carbocycles. The Balaban J connectivity index is 2.11. The second kappa shape index (κ2) is 6.30. The van der Waals surface area contributed by atoms with Crippen molar-refractivity contribution in [1.29, 1.82) is 0 Å². The maximum atomic E-state index is 4.41. The summed E-state index contributed by atoms with van der Waals surface area (Å²) >= 11 is 3.39. The van der Waals surface area contributed by atoms with E-state index in [2.05, 4.69) is 52.1 Å². The number of pyridine rings is 1. The fraction of sp³-hybridized carbons (Fsp3) is 0.429. The van der Waals surface area contributed by atoms with Gasteiger partial charge in [-0.15, -0.1) is 0 Å². The third kappa shape index (κ3) is 3.64. The van der Waals surface area contributed by atoms with Gasteiger partial charge >= 0.3 is 0 Å². The van der Waals surface area contributed by atoms with E-state index in [1.807, 2.05) is 23.0 Å². The van der Waals surface area contributed by atoms with Gasteiger partial charge in [-0.25, -0.2) is 9.67 Å². The van der Waals surface area contributed by atoms with E-state index in [0.29, 0.717) is 5.92 Å². The molecular formula is C14H19BrN4. The summed E-state index contributed by atoms with van der Waals surface area (Å²) in [5.74, 6) is 1.50. The van der Waals surface area contributed by atoms with E-state index in [4.69, 9.17) is 0 Å². The standard InChI is InChI=1S/C14H19BrN4/c1-10(2)6-16-7-12-8-18-19(11(12)3)14-5-4-13(15)9-17-14/h4-5,8-10,16H,6-7H2,1-3H3. The predicted molar refractivity (Wildman–Crippen MR) is 80.3 cm³/mol. The number of halogens is 1. The second-order valence-electron chi connectivity index (χ2n) is 5.03. The van der Waals surface area contributed by atoms with E-state index in [0.717, 1.165) is 29.1 Å². The van der Waals surface area contributed by atoms with Crippen LogP contribution < -0.4 is 5.32 Å². The number of rotatable bonds is 5. The van der Waals surface area contributed by atoms with Crippen LogP contribution in [0.15, 0.2) is 29.0 Å². The summed E-state index contributed by atoms with van der Waals surface area (Å²) in [6.45, 7) is 8.34. The van der Waals surface area contributed by atoms with Gasteiger partial charge in [0.05, 0.1) is 6.20 Å². The van der Waals surface area contributed by atoms with Gasteiger partial charge in [-0.3, -0.25) is 0 Å². The molecule has 1 N–H and O–H groups in total. The smallest absolute Gasteiger partial charge is 0.153 e. The Bertz CT molecular complexity index is 531. The minimum Gasteiger partial charge on any atom is -0.312 e. The van der Waals surface area contributed by atoms with Crippen LogP contribution in [-0.2, 0) is 6.54 Å². The molecule has 0 aliphatic heterocycles. The molecule has 2 heterocycles. The van der Waals surface area contributed by atoms with Gasteiger partial charge in [-0.05, 0) is 47.4 Å². The van der Waals surface area contributed by atoms with Crippen LogP contribution in [-0.4, -0.2) is 21.3 Å². The summed E-state index contributed by atoms with van der Waals surface area (Å²) in [5, 5.41) is 7.85. The highest BCUT2D eigenvalue weighted by Gasteiger charge is 2.08. The molecule has 2 aromatic heterocycles. The molecule has 4 nitrogen and oxygen atoms in total. The molecule has 2 aromatic rings. The van der Waals surface area contributed by atoms with E-state index >= 15 is 0 Å². The van der Waals surface area contributed by atoms with Gasteiger partial charge in [0.15, 0.2) is 5.82 Å². The van der Waals surface area contributed by atoms with Crippen LogP contribution in [0.25, 0.3) is 5.82 Å². The molecule has 19 heavy (non-hydrogen) atoms. The van der Waals surface area contributed by atoms with Crippen molar-refractivity contribution in [2.45, 2.75) is 27.3 Å². The molecule has 0 aliphatic carbocycles. The molecule has 2 rings (SSSR count). The van der Waals surface area contributed by atoms with Gasteiger partial charge in [-0.2, -0.15) is 5.10 Å². The average Bonchev–Trinajstić information content (AvgIpc) is 2.72. The van der Waals surface area contributed by atoms with Crippen LogP contribution in [0, 0.1) is 12.8 Å². The molecule has 102 valence electrons. The van der Waals surface area contributed by atoms with E-state index in [1.165, 1.54) is 5.56 Å². The van der Waals surface area contributed by atoms with Crippen molar-refractivity contribution in [3.8, 4) is 5.82 Å². The van der Waals surface area contributed by atoms with Crippen LogP contribution >= 0.6 is 15.9 Å². The van der Waals surface area contributed by atoms with Crippen molar-refractivity contribution >= 4 is 15.9 Å². The first-order valence-corrected chi connectivity index (χ1v) is 7.23. The van der Waals surface area contributed by atoms with Gasteiger partial charge < -0.3 is 5.32 Å². The molecule has 5 heteroatoms. The quantitative estimate of drug-likeness (QED) is 0.919. The first-order chi connectivity index (χ1) is 9.08. The minimum absolute atomic E-state index is 0.656. The first-order valence-electron chi connectivity index (χ1n) is 6.44. The summed E-state index contributed by atoms with van der Waals surface area (Å²) in [6, 6.07) is 3.93. The van der Waals surface area contributed by atoms with Gasteiger partial charge in [0.25, 0.3) is 0 Å². The molecule has 0 bridgehead atoms. The third-order valence-corrected chi connectivity index (χ3v) is 3.38. The van der Waals surface area contributed by atoms with Crippen molar-refractivity contribution in [2.75, 3.05) is 6.54 Å². The zero-order valence-corrected chi connectivity index (χ0v) is 13.1. The Morgan fingerprint density at radius 2 is 2.11 bits per heavy atom. The van der Waals surface area contributed by atoms with Crippen molar-refractivity contribution in [3.63, 3.8) is 0 Å². The average molecular weight is 323 g/mol. The second-order valence-corrected chi connectivity index (χ2v) is 5.94. The Hall–Kier alpha value is -1.20. The van der Waals surface area contributed by atoms with Crippen molar-refractivity contribution in [1.82, 2.24) is 20.1 Å². The maximum Gasteiger partial charge on any atom is 0.153 e. The van der Waals surface area contributed by atoms with Crippen LogP contribution in [0.5, 0.6) is 0 Å². The number of hydrogen-bond donors (Lipinski definition) is 1. The summed E-state index contributed by atoms with van der Waals surface area (Å²) < 4.78 is 2.85. The van der Waals surface area contributed by atoms with E-state index in [-0.39, 0.29) is 0 Å². The van der Waals surface area contributed by atoms with Crippen LogP contribution in [0.4, 0.5) is 0 Å². The van der Waals surface area contributed by atoms with E-state index in [9.17, 15) is 0 Å². The third-order valence-electron chi connectivity index (χ3n) is 2.91.